The smallest absolute Gasteiger partial charge is 0.271 e. The predicted molar refractivity (Wildman–Crippen MR) is 107 cm³/mol. The van der Waals surface area contributed by atoms with Crippen LogP contribution >= 0.6 is 0 Å². The first kappa shape index (κ1) is 17.6. The normalized spacial score (nSPS) is 13.0. The first-order valence-electron chi connectivity index (χ1n) is 8.72. The van der Waals surface area contributed by atoms with Crippen LogP contribution in [0.4, 0.5) is 17.1 Å². The van der Waals surface area contributed by atoms with Crippen LogP contribution in [0.5, 0.6) is 0 Å². The second kappa shape index (κ2) is 6.73. The lowest BCUT2D eigenvalue weighted by molar-refractivity contribution is -0.393. The van der Waals surface area contributed by atoms with E-state index in [9.17, 15) is 20.2 Å². The predicted octanol–water partition coefficient (Wildman–Crippen LogP) is 4.59. The van der Waals surface area contributed by atoms with Gasteiger partial charge >= 0.3 is 5.69 Å². The van der Waals surface area contributed by atoms with Crippen molar-refractivity contribution in [3.05, 3.63) is 85.4 Å². The van der Waals surface area contributed by atoms with Crippen LogP contribution < -0.4 is 5.43 Å². The number of hydrogen-bond acceptors (Lipinski definition) is 6. The maximum Gasteiger partial charge on any atom is 0.301 e. The van der Waals surface area contributed by atoms with Crippen LogP contribution in [0, 0.1) is 20.2 Å². The van der Waals surface area contributed by atoms with Gasteiger partial charge in [0.25, 0.3) is 5.69 Å². The number of hydrazone groups is 1. The zero-order valence-electron chi connectivity index (χ0n) is 15.0. The van der Waals surface area contributed by atoms with E-state index in [1.165, 1.54) is 28.6 Å². The van der Waals surface area contributed by atoms with Gasteiger partial charge in [-0.15, -0.1) is 0 Å². The van der Waals surface area contributed by atoms with Gasteiger partial charge in [-0.1, -0.05) is 30.3 Å². The number of aryl methyl sites for hydroxylation is 2. The Morgan fingerprint density at radius 1 is 1.00 bits per heavy atom. The largest absolute Gasteiger partial charge is 0.301 e. The summed E-state index contributed by atoms with van der Waals surface area (Å²) in [5, 5.41) is 28.8. The van der Waals surface area contributed by atoms with E-state index in [0.29, 0.717) is 5.71 Å². The Morgan fingerprint density at radius 2 is 1.75 bits per heavy atom. The van der Waals surface area contributed by atoms with Gasteiger partial charge in [-0.2, -0.15) is 5.10 Å². The molecule has 8 heteroatoms. The van der Waals surface area contributed by atoms with Gasteiger partial charge in [0, 0.05) is 11.6 Å². The number of nitro groups is 2. The molecule has 1 aliphatic rings. The Balaban J connectivity index is 1.71. The molecule has 0 spiro atoms. The van der Waals surface area contributed by atoms with Crippen molar-refractivity contribution in [2.75, 3.05) is 5.43 Å². The highest BCUT2D eigenvalue weighted by Crippen LogP contribution is 2.33. The maximum absolute atomic E-state index is 11.3. The molecule has 0 heterocycles. The van der Waals surface area contributed by atoms with Gasteiger partial charge in [0.15, 0.2) is 0 Å². The van der Waals surface area contributed by atoms with Crippen molar-refractivity contribution in [3.63, 3.8) is 0 Å². The Morgan fingerprint density at radius 3 is 2.46 bits per heavy atom. The van der Waals surface area contributed by atoms with E-state index in [1.54, 1.807) is 0 Å². The minimum Gasteiger partial charge on any atom is -0.271 e. The zero-order chi connectivity index (χ0) is 19.8. The van der Waals surface area contributed by atoms with Gasteiger partial charge in [0.05, 0.1) is 21.6 Å². The van der Waals surface area contributed by atoms with Crippen LogP contribution in [0.3, 0.4) is 0 Å². The summed E-state index contributed by atoms with van der Waals surface area (Å²) in [6.07, 6.45) is 2.05. The highest BCUT2D eigenvalue weighted by atomic mass is 16.6. The third kappa shape index (κ3) is 2.94. The summed E-state index contributed by atoms with van der Waals surface area (Å²) in [6, 6.07) is 13.7. The Labute approximate surface area is 159 Å². The topological polar surface area (TPSA) is 111 Å². The van der Waals surface area contributed by atoms with Gasteiger partial charge < -0.3 is 0 Å². The average molecular weight is 376 g/mol. The standard InChI is InChI=1S/C20H16N4O4/c1-12(16-9-7-14-6-5-13-3-2-4-17(16)20(13)14)21-22-18-10-8-15(23(25)26)11-19(18)24(27)28/h2-4,7-11,22H,5-6H2,1H3/b21-12-. The summed E-state index contributed by atoms with van der Waals surface area (Å²) in [5.41, 5.74) is 6.31. The number of nitrogens with zero attached hydrogens (tertiary/aromatic N) is 3. The van der Waals surface area contributed by atoms with Crippen molar-refractivity contribution < 1.29 is 9.85 Å². The fourth-order valence-corrected chi connectivity index (χ4v) is 3.65. The van der Waals surface area contributed by atoms with Crippen molar-refractivity contribution in [2.45, 2.75) is 19.8 Å². The van der Waals surface area contributed by atoms with Gasteiger partial charge in [0.1, 0.15) is 5.69 Å². The molecule has 0 unspecified atom stereocenters. The molecule has 0 fully saturated rings. The van der Waals surface area contributed by atoms with Crippen molar-refractivity contribution >= 4 is 33.5 Å². The molecule has 3 aromatic carbocycles. The molecule has 0 aromatic heterocycles. The summed E-state index contributed by atoms with van der Waals surface area (Å²) in [6.45, 7) is 1.82. The SMILES string of the molecule is C/C(=N/Nc1ccc([N+](=O)[O-])cc1[N+](=O)[O-])c1ccc2c3c(cccc13)CC2. The summed E-state index contributed by atoms with van der Waals surface area (Å²) in [7, 11) is 0. The number of nitrogens with one attached hydrogen (secondary N) is 1. The van der Waals surface area contributed by atoms with Gasteiger partial charge in [-0.3, -0.25) is 25.7 Å². The number of non-ortho nitro benzene ring substituents is 1. The van der Waals surface area contributed by atoms with Crippen molar-refractivity contribution in [2.24, 2.45) is 5.10 Å². The van der Waals surface area contributed by atoms with Crippen LogP contribution in [0.2, 0.25) is 0 Å². The van der Waals surface area contributed by atoms with E-state index in [2.05, 4.69) is 28.7 Å². The third-order valence-corrected chi connectivity index (χ3v) is 5.00. The van der Waals surface area contributed by atoms with E-state index < -0.39 is 15.5 Å². The molecule has 0 saturated carbocycles. The summed E-state index contributed by atoms with van der Waals surface area (Å²) < 4.78 is 0. The molecule has 1 aliphatic carbocycles. The number of benzene rings is 3. The molecule has 0 saturated heterocycles. The molecule has 0 aliphatic heterocycles. The third-order valence-electron chi connectivity index (χ3n) is 5.00. The summed E-state index contributed by atoms with van der Waals surface area (Å²) in [4.78, 5) is 20.8. The van der Waals surface area contributed by atoms with Crippen molar-refractivity contribution in [1.29, 1.82) is 0 Å². The number of nitro benzene ring substituents is 2. The fraction of sp³-hybridized carbons (Fsp3) is 0.150. The highest BCUT2D eigenvalue weighted by molar-refractivity contribution is 6.11. The zero-order valence-corrected chi connectivity index (χ0v) is 15.0. The van der Waals surface area contributed by atoms with Crippen LogP contribution in [-0.4, -0.2) is 15.6 Å². The van der Waals surface area contributed by atoms with E-state index in [0.717, 1.165) is 29.9 Å². The lowest BCUT2D eigenvalue weighted by atomic mass is 9.98. The monoisotopic (exact) mass is 376 g/mol. The van der Waals surface area contributed by atoms with Gasteiger partial charge in [0.2, 0.25) is 0 Å². The molecule has 4 rings (SSSR count). The molecular formula is C20H16N4O4. The summed E-state index contributed by atoms with van der Waals surface area (Å²) in [5.74, 6) is 0. The minimum atomic E-state index is -0.669. The quantitative estimate of drug-likeness (QED) is 0.398. The van der Waals surface area contributed by atoms with Crippen LogP contribution in [0.25, 0.3) is 10.8 Å². The van der Waals surface area contributed by atoms with Crippen molar-refractivity contribution in [3.8, 4) is 0 Å². The van der Waals surface area contributed by atoms with Crippen LogP contribution in [0.15, 0.2) is 53.6 Å². The Bertz CT molecular complexity index is 1160. The van der Waals surface area contributed by atoms with E-state index >= 15 is 0 Å². The molecule has 0 radical (unpaired) electrons. The second-order valence-electron chi connectivity index (χ2n) is 6.64. The van der Waals surface area contributed by atoms with E-state index in [4.69, 9.17) is 0 Å². The van der Waals surface area contributed by atoms with E-state index in [-0.39, 0.29) is 11.4 Å². The molecule has 8 nitrogen and oxygen atoms in total. The molecule has 140 valence electrons. The molecular weight excluding hydrogens is 360 g/mol. The number of hydrogen-bond donors (Lipinski definition) is 1. The minimum absolute atomic E-state index is 0.0980. The van der Waals surface area contributed by atoms with Gasteiger partial charge in [-0.05, 0) is 47.7 Å². The van der Waals surface area contributed by atoms with Crippen LogP contribution in [0.1, 0.15) is 23.6 Å². The molecule has 1 N–H and O–H groups in total. The van der Waals surface area contributed by atoms with Gasteiger partial charge in [-0.25, -0.2) is 0 Å². The average Bonchev–Trinajstić information content (AvgIpc) is 3.11. The summed E-state index contributed by atoms with van der Waals surface area (Å²) >= 11 is 0. The maximum atomic E-state index is 11.3. The molecule has 3 aromatic rings. The first-order chi connectivity index (χ1) is 13.5. The number of rotatable bonds is 5. The molecule has 0 bridgehead atoms. The molecule has 0 atom stereocenters. The molecule has 0 amide bonds. The van der Waals surface area contributed by atoms with Crippen molar-refractivity contribution in [1.82, 2.24) is 0 Å². The van der Waals surface area contributed by atoms with E-state index in [1.807, 2.05) is 19.1 Å². The highest BCUT2D eigenvalue weighted by Gasteiger charge is 2.20. The first-order valence-corrected chi connectivity index (χ1v) is 8.72. The number of anilines is 1. The lowest BCUT2D eigenvalue weighted by Crippen LogP contribution is -2.03. The molecule has 28 heavy (non-hydrogen) atoms. The fourth-order valence-electron chi connectivity index (χ4n) is 3.65. The second-order valence-corrected chi connectivity index (χ2v) is 6.64. The Kier molecular flexibility index (Phi) is 4.23. The lowest BCUT2D eigenvalue weighted by Gasteiger charge is -2.09. The Hall–Kier alpha value is -3.81. The van der Waals surface area contributed by atoms with Crippen LogP contribution in [-0.2, 0) is 12.8 Å².